The average molecular weight is 428 g/mol. The van der Waals surface area contributed by atoms with E-state index in [0.717, 1.165) is 18.0 Å². The van der Waals surface area contributed by atoms with Gasteiger partial charge in [-0.3, -0.25) is 4.40 Å². The van der Waals surface area contributed by atoms with Gasteiger partial charge in [0, 0.05) is 43.9 Å². The van der Waals surface area contributed by atoms with E-state index < -0.39 is 10.0 Å². The fourth-order valence-corrected chi connectivity index (χ4v) is 4.51. The molecule has 0 amide bonds. The van der Waals surface area contributed by atoms with E-state index in [1.165, 1.54) is 4.31 Å². The predicted molar refractivity (Wildman–Crippen MR) is 116 cm³/mol. The Labute approximate surface area is 175 Å². The quantitative estimate of drug-likeness (QED) is 0.647. The second-order valence-corrected chi connectivity index (χ2v) is 9.48. The van der Waals surface area contributed by atoms with Gasteiger partial charge in [0.25, 0.3) is 0 Å². The van der Waals surface area contributed by atoms with Gasteiger partial charge >= 0.3 is 0 Å². The van der Waals surface area contributed by atoms with E-state index in [1.807, 2.05) is 29.7 Å². The van der Waals surface area contributed by atoms with Crippen molar-refractivity contribution in [2.24, 2.45) is 4.99 Å². The Hall–Kier alpha value is -2.82. The maximum atomic E-state index is 12.7. The highest BCUT2D eigenvalue weighted by molar-refractivity contribution is 7.89. The number of sulfonamides is 1. The molecule has 0 bridgehead atoms. The highest BCUT2D eigenvalue weighted by atomic mass is 32.2. The molecule has 1 aromatic carbocycles. The molecule has 3 heterocycles. The molecule has 1 saturated heterocycles. The monoisotopic (exact) mass is 427 g/mol. The van der Waals surface area contributed by atoms with Gasteiger partial charge in [-0.25, -0.2) is 28.1 Å². The highest BCUT2D eigenvalue weighted by Crippen LogP contribution is 2.26. The van der Waals surface area contributed by atoms with Gasteiger partial charge in [-0.05, 0) is 26.0 Å². The Kier molecular flexibility index (Phi) is 5.31. The lowest BCUT2D eigenvalue weighted by Gasteiger charge is -2.15. The van der Waals surface area contributed by atoms with Crippen LogP contribution in [-0.4, -0.2) is 52.6 Å². The number of hydrogen-bond acceptors (Lipinski definition) is 6. The number of hydrogen-bond donors (Lipinski definition) is 2. The van der Waals surface area contributed by atoms with Crippen LogP contribution in [0.15, 0.2) is 46.4 Å². The molecule has 1 aliphatic heterocycles. The third-order valence-corrected chi connectivity index (χ3v) is 6.96. The second-order valence-electron chi connectivity index (χ2n) is 7.43. The molecule has 4 rings (SSSR count). The maximum absolute atomic E-state index is 12.7. The first-order chi connectivity index (χ1) is 14.3. The van der Waals surface area contributed by atoms with Gasteiger partial charge in [0.15, 0.2) is 0 Å². The molecule has 2 N–H and O–H groups in total. The summed E-state index contributed by atoms with van der Waals surface area (Å²) in [6, 6.07) is 8.93. The number of aromatic nitrogens is 3. The highest BCUT2D eigenvalue weighted by Gasteiger charge is 2.21. The third kappa shape index (κ3) is 3.81. The molecule has 1 fully saturated rings. The van der Waals surface area contributed by atoms with E-state index in [1.54, 1.807) is 32.2 Å². The predicted octanol–water partition coefficient (Wildman–Crippen LogP) is 2.26. The van der Waals surface area contributed by atoms with Gasteiger partial charge in [0.2, 0.25) is 16.0 Å². The van der Waals surface area contributed by atoms with Crippen molar-refractivity contribution in [3.8, 4) is 11.3 Å². The zero-order valence-electron chi connectivity index (χ0n) is 17.4. The minimum atomic E-state index is -3.55. The Morgan fingerprint density at radius 2 is 2.10 bits per heavy atom. The minimum Gasteiger partial charge on any atom is -0.309 e. The van der Waals surface area contributed by atoms with Crippen molar-refractivity contribution in [3.05, 3.63) is 42.2 Å². The van der Waals surface area contributed by atoms with Crippen LogP contribution in [0.2, 0.25) is 0 Å². The molecule has 2 aromatic heterocycles. The summed E-state index contributed by atoms with van der Waals surface area (Å²) in [5, 5.41) is 0. The summed E-state index contributed by atoms with van der Waals surface area (Å²) in [5.74, 6) is 1.28. The van der Waals surface area contributed by atoms with E-state index in [2.05, 4.69) is 27.8 Å². The molecule has 0 aliphatic carbocycles. The van der Waals surface area contributed by atoms with Gasteiger partial charge in [-0.15, -0.1) is 0 Å². The molecule has 0 spiro atoms. The Balaban J connectivity index is 1.83. The molecule has 1 aliphatic rings. The number of rotatable bonds is 5. The molecule has 0 saturated carbocycles. The van der Waals surface area contributed by atoms with Crippen molar-refractivity contribution in [1.29, 1.82) is 0 Å². The van der Waals surface area contributed by atoms with Crippen LogP contribution in [-0.2, 0) is 10.0 Å². The van der Waals surface area contributed by atoms with E-state index in [9.17, 15) is 8.42 Å². The van der Waals surface area contributed by atoms with E-state index in [0.29, 0.717) is 29.4 Å². The molecule has 1 unspecified atom stereocenters. The smallest absolute Gasteiger partial charge is 0.242 e. The molecule has 30 heavy (non-hydrogen) atoms. The van der Waals surface area contributed by atoms with Crippen molar-refractivity contribution in [2.75, 3.05) is 13.6 Å². The largest absolute Gasteiger partial charge is 0.309 e. The van der Waals surface area contributed by atoms with Crippen LogP contribution in [0, 0.1) is 6.92 Å². The average Bonchev–Trinajstić information content (AvgIpc) is 3.31. The Morgan fingerprint density at radius 1 is 1.30 bits per heavy atom. The Bertz CT molecular complexity index is 1230. The number of nitrogens with zero attached hydrogens (tertiary/aromatic N) is 5. The number of imidazole rings is 1. The number of hydrazine groups is 1. The molecule has 3 aromatic rings. The molecule has 1 atom stereocenters. The zero-order valence-corrected chi connectivity index (χ0v) is 18.2. The van der Waals surface area contributed by atoms with E-state index in [4.69, 9.17) is 4.98 Å². The lowest BCUT2D eigenvalue weighted by atomic mass is 10.1. The lowest BCUT2D eigenvalue weighted by Crippen LogP contribution is -2.29. The number of fused-ring (bicyclic) bond motifs is 1. The van der Waals surface area contributed by atoms with Gasteiger partial charge < -0.3 is 5.43 Å². The first kappa shape index (κ1) is 20.5. The van der Waals surface area contributed by atoms with Crippen molar-refractivity contribution < 1.29 is 8.42 Å². The zero-order chi connectivity index (χ0) is 21.5. The third-order valence-electron chi connectivity index (χ3n) is 5.04. The topological polar surface area (TPSA) is 104 Å². The number of aryl methyl sites for hydroxylation is 1. The van der Waals surface area contributed by atoms with E-state index >= 15 is 0 Å². The van der Waals surface area contributed by atoms with Gasteiger partial charge in [0.1, 0.15) is 11.5 Å². The molecule has 9 nitrogen and oxygen atoms in total. The molecule has 0 radical (unpaired) electrons. The summed E-state index contributed by atoms with van der Waals surface area (Å²) >= 11 is 0. The molecule has 158 valence electrons. The molecular formula is C20H25N7O2S. The van der Waals surface area contributed by atoms with Crippen LogP contribution in [0.5, 0.6) is 0 Å². The van der Waals surface area contributed by atoms with Crippen LogP contribution in [0.3, 0.4) is 0 Å². The fourth-order valence-electron chi connectivity index (χ4n) is 3.28. The number of benzene rings is 1. The summed E-state index contributed by atoms with van der Waals surface area (Å²) in [7, 11) is -1.99. The van der Waals surface area contributed by atoms with Gasteiger partial charge in [-0.2, -0.15) is 4.99 Å². The maximum Gasteiger partial charge on any atom is 0.242 e. The molecule has 10 heteroatoms. The molecular weight excluding hydrogens is 402 g/mol. The summed E-state index contributed by atoms with van der Waals surface area (Å²) in [4.78, 5) is 14.2. The minimum absolute atomic E-state index is 0.230. The van der Waals surface area contributed by atoms with Gasteiger partial charge in [-0.1, -0.05) is 19.1 Å². The first-order valence-electron chi connectivity index (χ1n) is 9.80. The Morgan fingerprint density at radius 3 is 2.80 bits per heavy atom. The summed E-state index contributed by atoms with van der Waals surface area (Å²) in [6.45, 7) is 6.17. The summed E-state index contributed by atoms with van der Waals surface area (Å²) in [5.41, 5.74) is 9.06. The second kappa shape index (κ2) is 7.78. The van der Waals surface area contributed by atoms with Crippen LogP contribution in [0.4, 0.5) is 5.95 Å². The number of nitrogens with one attached hydrogen (secondary N) is 2. The lowest BCUT2D eigenvalue weighted by molar-refractivity contribution is 0.486. The van der Waals surface area contributed by atoms with Crippen molar-refractivity contribution in [3.63, 3.8) is 0 Å². The van der Waals surface area contributed by atoms with E-state index in [-0.39, 0.29) is 10.9 Å². The summed E-state index contributed by atoms with van der Waals surface area (Å²) in [6.07, 6.45) is 2.65. The standard InChI is InChI=1S/C20H25N7O2S/c1-5-26(4)30(28,29)16-8-6-7-15(10-16)17-11-19-21-14(3)12-27(19)20(22-17)23-18-9-13(2)24-25-18/h6-8,10-13,24H,5,9H2,1-4H3,(H,22,23,25). The summed E-state index contributed by atoms with van der Waals surface area (Å²) < 4.78 is 28.6. The van der Waals surface area contributed by atoms with Gasteiger partial charge in [0.05, 0.1) is 16.3 Å². The number of amidine groups is 1. The fraction of sp³-hybridized carbons (Fsp3) is 0.350. The van der Waals surface area contributed by atoms with Crippen molar-refractivity contribution >= 4 is 27.5 Å². The first-order valence-corrected chi connectivity index (χ1v) is 11.2. The number of aliphatic imine (C=N–C) groups is 1. The van der Waals surface area contributed by atoms with Crippen LogP contribution < -0.4 is 10.9 Å². The SMILES string of the molecule is CCN(C)S(=O)(=O)c1cccc(-c2cc3nc(C)cn3c(/N=C3\CC(C)NN3)n2)c1. The van der Waals surface area contributed by atoms with Crippen LogP contribution >= 0.6 is 0 Å². The van der Waals surface area contributed by atoms with Crippen LogP contribution in [0.25, 0.3) is 16.9 Å². The van der Waals surface area contributed by atoms with Crippen molar-refractivity contribution in [2.45, 2.75) is 38.1 Å². The normalized spacial score (nSPS) is 18.4. The van der Waals surface area contributed by atoms with Crippen molar-refractivity contribution in [1.82, 2.24) is 29.5 Å². The van der Waals surface area contributed by atoms with Crippen LogP contribution in [0.1, 0.15) is 26.0 Å².